The standard InChI is InChI=1S/C18H23N3O4S.C2HF3O2/c1-5-21(6-2)17-16(18(22)23)10-14(11-19-17)20-26(24,25)15-8-7-12(3)13(4)9-15;3-2(4,5)1(6)7/h7-11,20H,5-6H2,1-4H3,(H,22,23);(H,6,7). The smallest absolute Gasteiger partial charge is 0.478 e. The molecule has 0 radical (unpaired) electrons. The number of aryl methyl sites for hydroxylation is 2. The van der Waals surface area contributed by atoms with Gasteiger partial charge in [0.25, 0.3) is 10.0 Å². The van der Waals surface area contributed by atoms with Gasteiger partial charge in [-0.3, -0.25) is 4.72 Å². The molecule has 1 aromatic heterocycles. The molecule has 0 atom stereocenters. The number of aliphatic carboxylic acids is 1. The van der Waals surface area contributed by atoms with Crippen molar-refractivity contribution in [1.82, 2.24) is 4.98 Å². The Kier molecular flexibility index (Phi) is 9.22. The minimum Gasteiger partial charge on any atom is -0.478 e. The molecule has 13 heteroatoms. The molecule has 9 nitrogen and oxygen atoms in total. The number of carboxylic acids is 2. The third-order valence-electron chi connectivity index (χ3n) is 4.44. The molecule has 0 saturated carbocycles. The van der Waals surface area contributed by atoms with Gasteiger partial charge < -0.3 is 15.1 Å². The maximum absolute atomic E-state index is 12.6. The van der Waals surface area contributed by atoms with Crippen LogP contribution in [0.15, 0.2) is 35.4 Å². The number of halogens is 3. The van der Waals surface area contributed by atoms with Gasteiger partial charge >= 0.3 is 18.1 Å². The number of sulfonamides is 1. The van der Waals surface area contributed by atoms with E-state index in [9.17, 15) is 31.5 Å². The highest BCUT2D eigenvalue weighted by atomic mass is 32.2. The first-order valence-corrected chi connectivity index (χ1v) is 11.0. The molecule has 0 spiro atoms. The third-order valence-corrected chi connectivity index (χ3v) is 5.82. The average Bonchev–Trinajstić information content (AvgIpc) is 2.71. The maximum Gasteiger partial charge on any atom is 0.490 e. The first-order chi connectivity index (χ1) is 15.1. The van der Waals surface area contributed by atoms with E-state index in [1.165, 1.54) is 18.3 Å². The molecule has 0 aliphatic heterocycles. The van der Waals surface area contributed by atoms with Crippen molar-refractivity contribution in [2.45, 2.75) is 38.8 Å². The van der Waals surface area contributed by atoms with Gasteiger partial charge in [-0.15, -0.1) is 0 Å². The Bertz CT molecular complexity index is 1120. The molecule has 0 fully saturated rings. The lowest BCUT2D eigenvalue weighted by atomic mass is 10.1. The summed E-state index contributed by atoms with van der Waals surface area (Å²) in [4.78, 5) is 26.6. The topological polar surface area (TPSA) is 137 Å². The van der Waals surface area contributed by atoms with Crippen LogP contribution in [0.1, 0.15) is 35.3 Å². The van der Waals surface area contributed by atoms with E-state index in [2.05, 4.69) is 9.71 Å². The highest BCUT2D eigenvalue weighted by Crippen LogP contribution is 2.24. The summed E-state index contributed by atoms with van der Waals surface area (Å²) < 4.78 is 59.3. The van der Waals surface area contributed by atoms with Crippen LogP contribution in [0.4, 0.5) is 24.7 Å². The van der Waals surface area contributed by atoms with E-state index in [1.807, 2.05) is 27.7 Å². The molecule has 1 heterocycles. The van der Waals surface area contributed by atoms with Crippen LogP contribution in [0.5, 0.6) is 0 Å². The quantitative estimate of drug-likeness (QED) is 0.534. The molecule has 2 rings (SSSR count). The predicted molar refractivity (Wildman–Crippen MR) is 115 cm³/mol. The van der Waals surface area contributed by atoms with Gasteiger partial charge in [0.05, 0.1) is 16.8 Å². The maximum atomic E-state index is 12.6. The largest absolute Gasteiger partial charge is 0.490 e. The highest BCUT2D eigenvalue weighted by Gasteiger charge is 2.38. The molecule has 1 aromatic carbocycles. The fourth-order valence-corrected chi connectivity index (χ4v) is 3.66. The normalized spacial score (nSPS) is 11.2. The molecular formula is C20H24F3N3O6S. The summed E-state index contributed by atoms with van der Waals surface area (Å²) in [6, 6.07) is 6.11. The Morgan fingerprint density at radius 3 is 2.03 bits per heavy atom. The van der Waals surface area contributed by atoms with Crippen molar-refractivity contribution in [3.63, 3.8) is 0 Å². The molecule has 0 aliphatic rings. The molecule has 0 aliphatic carbocycles. The molecular weight excluding hydrogens is 467 g/mol. The van der Waals surface area contributed by atoms with Crippen LogP contribution in [-0.2, 0) is 14.8 Å². The number of hydrogen-bond acceptors (Lipinski definition) is 6. The van der Waals surface area contributed by atoms with Crippen molar-refractivity contribution >= 4 is 33.5 Å². The number of anilines is 2. The van der Waals surface area contributed by atoms with Crippen LogP contribution >= 0.6 is 0 Å². The summed E-state index contributed by atoms with van der Waals surface area (Å²) in [6.07, 6.45) is -3.75. The number of carbonyl (C=O) groups is 2. The fourth-order valence-electron chi connectivity index (χ4n) is 2.54. The Morgan fingerprint density at radius 2 is 1.61 bits per heavy atom. The van der Waals surface area contributed by atoms with E-state index in [-0.39, 0.29) is 16.1 Å². The van der Waals surface area contributed by atoms with Crippen molar-refractivity contribution in [2.75, 3.05) is 22.7 Å². The van der Waals surface area contributed by atoms with Crippen molar-refractivity contribution in [1.29, 1.82) is 0 Å². The van der Waals surface area contributed by atoms with Crippen LogP contribution in [0.3, 0.4) is 0 Å². The van der Waals surface area contributed by atoms with Crippen LogP contribution < -0.4 is 9.62 Å². The number of hydrogen-bond donors (Lipinski definition) is 3. The molecule has 0 saturated heterocycles. The van der Waals surface area contributed by atoms with Gasteiger partial charge in [-0.1, -0.05) is 6.07 Å². The van der Waals surface area contributed by atoms with Crippen molar-refractivity contribution in [3.8, 4) is 0 Å². The molecule has 3 N–H and O–H groups in total. The van der Waals surface area contributed by atoms with E-state index in [4.69, 9.17) is 9.90 Å². The van der Waals surface area contributed by atoms with E-state index in [0.717, 1.165) is 11.1 Å². The summed E-state index contributed by atoms with van der Waals surface area (Å²) in [5.74, 6) is -3.60. The minimum absolute atomic E-state index is 0.0472. The Hall–Kier alpha value is -3.35. The lowest BCUT2D eigenvalue weighted by Gasteiger charge is -2.22. The second-order valence-electron chi connectivity index (χ2n) is 6.73. The van der Waals surface area contributed by atoms with Gasteiger partial charge in [0, 0.05) is 13.1 Å². The van der Waals surface area contributed by atoms with Crippen LogP contribution in [0.25, 0.3) is 0 Å². The highest BCUT2D eigenvalue weighted by molar-refractivity contribution is 7.92. The summed E-state index contributed by atoms with van der Waals surface area (Å²) in [5, 5.41) is 16.6. The van der Waals surface area contributed by atoms with E-state index < -0.39 is 28.1 Å². The number of aromatic carboxylic acids is 1. The fraction of sp³-hybridized carbons (Fsp3) is 0.350. The van der Waals surface area contributed by atoms with Crippen molar-refractivity contribution in [2.24, 2.45) is 0 Å². The zero-order chi connectivity index (χ0) is 25.6. The zero-order valence-electron chi connectivity index (χ0n) is 18.3. The molecule has 182 valence electrons. The number of pyridine rings is 1. The summed E-state index contributed by atoms with van der Waals surface area (Å²) in [6.45, 7) is 8.71. The van der Waals surface area contributed by atoms with Crippen LogP contribution in [0, 0.1) is 13.8 Å². The average molecular weight is 491 g/mol. The van der Waals surface area contributed by atoms with E-state index in [1.54, 1.807) is 17.0 Å². The Morgan fingerprint density at radius 1 is 1.06 bits per heavy atom. The van der Waals surface area contributed by atoms with Gasteiger partial charge in [0.1, 0.15) is 11.4 Å². The number of rotatable bonds is 7. The summed E-state index contributed by atoms with van der Waals surface area (Å²) >= 11 is 0. The minimum atomic E-state index is -5.08. The SMILES string of the molecule is CCN(CC)c1ncc(NS(=O)(=O)c2ccc(C)c(C)c2)cc1C(=O)O.O=C(O)C(F)(F)F. The second kappa shape index (κ2) is 11.0. The van der Waals surface area contributed by atoms with E-state index >= 15 is 0 Å². The van der Waals surface area contributed by atoms with Gasteiger partial charge in [-0.2, -0.15) is 13.2 Å². The van der Waals surface area contributed by atoms with Gasteiger partial charge in [0.2, 0.25) is 0 Å². The number of alkyl halides is 3. The monoisotopic (exact) mass is 491 g/mol. The predicted octanol–water partition coefficient (Wildman–Crippen LogP) is 3.68. The molecule has 0 bridgehead atoms. The summed E-state index contributed by atoms with van der Waals surface area (Å²) in [7, 11) is -3.84. The second-order valence-corrected chi connectivity index (χ2v) is 8.41. The third kappa shape index (κ3) is 7.63. The van der Waals surface area contributed by atoms with Crippen molar-refractivity contribution in [3.05, 3.63) is 47.2 Å². The zero-order valence-corrected chi connectivity index (χ0v) is 19.1. The van der Waals surface area contributed by atoms with Gasteiger partial charge in [-0.25, -0.2) is 23.0 Å². The Labute approximate surface area is 188 Å². The lowest BCUT2D eigenvalue weighted by molar-refractivity contribution is -0.192. The van der Waals surface area contributed by atoms with Gasteiger partial charge in [-0.05, 0) is 57.0 Å². The number of benzene rings is 1. The molecule has 2 aromatic rings. The summed E-state index contributed by atoms with van der Waals surface area (Å²) in [5.41, 5.74) is 1.90. The number of aromatic nitrogens is 1. The molecule has 0 amide bonds. The number of carboxylic acid groups (broad SMARTS) is 2. The molecule has 0 unspecified atom stereocenters. The van der Waals surface area contributed by atoms with Crippen LogP contribution in [0.2, 0.25) is 0 Å². The van der Waals surface area contributed by atoms with E-state index in [0.29, 0.717) is 18.9 Å². The number of nitrogens with zero attached hydrogens (tertiary/aromatic N) is 2. The van der Waals surface area contributed by atoms with Crippen molar-refractivity contribution < 1.29 is 41.4 Å². The first-order valence-electron chi connectivity index (χ1n) is 9.52. The first kappa shape index (κ1) is 27.7. The lowest BCUT2D eigenvalue weighted by Crippen LogP contribution is -2.25. The van der Waals surface area contributed by atoms with Crippen LogP contribution in [-0.4, -0.2) is 54.8 Å². The van der Waals surface area contributed by atoms with Gasteiger partial charge in [0.15, 0.2) is 0 Å². The molecule has 33 heavy (non-hydrogen) atoms. The Balaban J connectivity index is 0.000000675. The number of nitrogens with one attached hydrogen (secondary N) is 1.